The SMILES string of the molecule is CC(=O)N1CC(N2CCC(S(=O)(=O)N(Cc3ccc(C(=O)CN)cn3)c3ccc(F)c(Cl)c3)CC2)C1.COC(=O)c1ccc(CN(c2ccc(F)c(Cl)c2)S(=O)(=O)C2CCN(C3CN(C(C)=O)C3)CC2)nc1. The minimum absolute atomic E-state index is 0.0468. The van der Waals surface area contributed by atoms with E-state index in [0.29, 0.717) is 95.0 Å². The number of benzene rings is 2. The summed E-state index contributed by atoms with van der Waals surface area (Å²) in [6.45, 7) is 7.81. The predicted octanol–water partition coefficient (Wildman–Crippen LogP) is 4.74. The number of rotatable bonds is 15. The van der Waals surface area contributed by atoms with Crippen LogP contribution in [0.15, 0.2) is 73.1 Å². The summed E-state index contributed by atoms with van der Waals surface area (Å²) >= 11 is 12.0. The van der Waals surface area contributed by atoms with Gasteiger partial charge < -0.3 is 20.3 Å². The lowest BCUT2D eigenvalue weighted by Crippen LogP contribution is -2.62. The molecule has 0 saturated carbocycles. The van der Waals surface area contributed by atoms with Gasteiger partial charge in [-0.3, -0.25) is 42.8 Å². The standard InChI is InChI=1S/C24H29ClFN5O4S.C24H28ClFN4O5S/c1-16(32)30-14-20(15-30)29-8-6-21(7-9-29)36(34,35)31(19-4-5-23(26)22(25)10-19)13-18-3-2-17(12-28-18)24(33)11-27;1-16(31)29-14-20(15-29)28-9-7-21(8-10-28)36(33,34)30(19-5-6-23(26)22(25)11-19)13-18-4-3-17(12-27-18)24(32)35-2/h2-5,10,12,20-21H,6-9,11,13-15,27H2,1H3;3-6,11-12,20-21H,7-10,13-15H2,1-2H3. The molecule has 2 aromatic heterocycles. The van der Waals surface area contributed by atoms with Crippen LogP contribution >= 0.6 is 23.2 Å². The third-order valence-electron chi connectivity index (χ3n) is 13.6. The van der Waals surface area contributed by atoms with Crippen LogP contribution in [0.3, 0.4) is 0 Å². The number of piperidine rings is 2. The number of sulfonamides is 2. The molecule has 4 aliphatic rings. The van der Waals surface area contributed by atoms with Gasteiger partial charge in [0.1, 0.15) is 11.6 Å². The highest BCUT2D eigenvalue weighted by Gasteiger charge is 2.42. The highest BCUT2D eigenvalue weighted by molar-refractivity contribution is 7.93. The van der Waals surface area contributed by atoms with Crippen LogP contribution in [0.4, 0.5) is 20.2 Å². The molecule has 0 atom stereocenters. The third kappa shape index (κ3) is 12.5. The zero-order valence-corrected chi connectivity index (χ0v) is 43.1. The molecule has 0 aliphatic carbocycles. The normalized spacial score (nSPS) is 17.6. The summed E-state index contributed by atoms with van der Waals surface area (Å²) in [5.74, 6) is -2.01. The number of hydrogen-bond acceptors (Lipinski definition) is 14. The zero-order valence-electron chi connectivity index (χ0n) is 40.0. The van der Waals surface area contributed by atoms with Crippen LogP contribution in [0, 0.1) is 11.6 Å². The molecular formula is C48H57Cl2F2N9O9S2. The van der Waals surface area contributed by atoms with Crippen molar-refractivity contribution in [2.45, 2.75) is 75.2 Å². The van der Waals surface area contributed by atoms with E-state index in [0.717, 1.165) is 12.1 Å². The second kappa shape index (κ2) is 23.2. The van der Waals surface area contributed by atoms with Gasteiger partial charge in [0.15, 0.2) is 5.78 Å². The highest BCUT2D eigenvalue weighted by Crippen LogP contribution is 2.34. The Kier molecular flexibility index (Phi) is 17.6. The molecule has 18 nitrogen and oxygen atoms in total. The Labute approximate surface area is 428 Å². The van der Waals surface area contributed by atoms with Crippen LogP contribution < -0.4 is 14.3 Å². The Morgan fingerprint density at radius 3 is 1.36 bits per heavy atom. The number of carbonyl (C=O) groups excluding carboxylic acids is 4. The van der Waals surface area contributed by atoms with E-state index in [9.17, 15) is 44.8 Å². The van der Waals surface area contributed by atoms with Crippen molar-refractivity contribution in [3.05, 3.63) is 117 Å². The molecule has 2 amide bonds. The molecule has 24 heteroatoms. The van der Waals surface area contributed by atoms with E-state index >= 15 is 0 Å². The monoisotopic (exact) mass is 1080 g/mol. The molecule has 0 unspecified atom stereocenters. The number of hydrogen-bond donors (Lipinski definition) is 1. The number of amides is 2. The van der Waals surface area contributed by atoms with Crippen LogP contribution in [-0.2, 0) is 47.5 Å². The van der Waals surface area contributed by atoms with Crippen molar-refractivity contribution in [1.82, 2.24) is 29.6 Å². The smallest absolute Gasteiger partial charge is 0.339 e. The van der Waals surface area contributed by atoms with Crippen LogP contribution in [0.1, 0.15) is 71.6 Å². The number of anilines is 2. The number of ketones is 1. The van der Waals surface area contributed by atoms with Gasteiger partial charge in [0.05, 0.1) is 75.6 Å². The molecule has 2 N–H and O–H groups in total. The van der Waals surface area contributed by atoms with Gasteiger partial charge in [-0.15, -0.1) is 0 Å². The number of nitrogens with two attached hydrogens (primary N) is 1. The second-order valence-corrected chi connectivity index (χ2v) is 23.2. The molecule has 4 aliphatic heterocycles. The molecule has 0 radical (unpaired) electrons. The highest BCUT2D eigenvalue weighted by atomic mass is 35.5. The molecule has 0 spiro atoms. The number of carbonyl (C=O) groups is 4. The zero-order chi connectivity index (χ0) is 52.1. The van der Waals surface area contributed by atoms with Crippen molar-refractivity contribution < 1.29 is 49.5 Å². The molecular weight excluding hydrogens is 1020 g/mol. The summed E-state index contributed by atoms with van der Waals surface area (Å²) in [4.78, 5) is 63.0. The Hall–Kier alpha value is -5.36. The van der Waals surface area contributed by atoms with E-state index in [1.54, 1.807) is 41.8 Å². The quantitative estimate of drug-likeness (QED) is 0.126. The number of esters is 1. The van der Waals surface area contributed by atoms with E-state index in [1.807, 2.05) is 0 Å². The minimum atomic E-state index is -3.87. The first-order valence-electron chi connectivity index (χ1n) is 23.3. The molecule has 4 aromatic rings. The summed E-state index contributed by atoms with van der Waals surface area (Å²) in [5, 5.41) is -1.65. The maximum atomic E-state index is 13.8. The number of nitrogens with zero attached hydrogens (tertiary/aromatic N) is 8. The van der Waals surface area contributed by atoms with Crippen molar-refractivity contribution in [3.8, 4) is 0 Å². The molecule has 6 heterocycles. The molecule has 8 rings (SSSR count). The molecule has 0 bridgehead atoms. The fourth-order valence-electron chi connectivity index (χ4n) is 9.11. The first kappa shape index (κ1) is 54.4. The molecule has 4 fully saturated rings. The topological polar surface area (TPSA) is 217 Å². The van der Waals surface area contributed by atoms with Gasteiger partial charge >= 0.3 is 5.97 Å². The number of pyridine rings is 2. The van der Waals surface area contributed by atoms with Gasteiger partial charge in [0.2, 0.25) is 31.9 Å². The van der Waals surface area contributed by atoms with Gasteiger partial charge in [0, 0.05) is 70.1 Å². The van der Waals surface area contributed by atoms with Crippen molar-refractivity contribution in [3.63, 3.8) is 0 Å². The summed E-state index contributed by atoms with van der Waals surface area (Å²) in [5.41, 5.74) is 7.28. The largest absolute Gasteiger partial charge is 0.465 e. The number of aromatic nitrogens is 2. The Morgan fingerprint density at radius 2 is 1.04 bits per heavy atom. The van der Waals surface area contributed by atoms with Gasteiger partial charge in [-0.25, -0.2) is 30.4 Å². The lowest BCUT2D eigenvalue weighted by atomic mass is 10.0. The fraction of sp³-hybridized carbons (Fsp3) is 0.458. The van der Waals surface area contributed by atoms with Gasteiger partial charge in [-0.05, 0) is 113 Å². The third-order valence-corrected chi connectivity index (χ3v) is 18.7. The van der Waals surface area contributed by atoms with Crippen LogP contribution in [0.2, 0.25) is 10.0 Å². The van der Waals surface area contributed by atoms with Gasteiger partial charge in [-0.1, -0.05) is 23.2 Å². The Bertz CT molecular complexity index is 2650. The van der Waals surface area contributed by atoms with E-state index in [1.165, 1.54) is 58.4 Å². The van der Waals surface area contributed by atoms with Crippen LogP contribution in [-0.4, -0.2) is 159 Å². The average molecular weight is 1080 g/mol. The summed E-state index contributed by atoms with van der Waals surface area (Å²) < 4.78 is 90.1. The van der Waals surface area contributed by atoms with E-state index in [4.69, 9.17) is 28.9 Å². The van der Waals surface area contributed by atoms with Crippen molar-refractivity contribution in [2.24, 2.45) is 5.73 Å². The number of likely N-dealkylation sites (tertiary alicyclic amines) is 4. The predicted molar refractivity (Wildman–Crippen MR) is 267 cm³/mol. The van der Waals surface area contributed by atoms with Crippen molar-refractivity contribution in [2.75, 3.05) is 74.6 Å². The Morgan fingerprint density at radius 1 is 0.653 bits per heavy atom. The summed E-state index contributed by atoms with van der Waals surface area (Å²) in [6, 6.07) is 14.3. The summed E-state index contributed by atoms with van der Waals surface area (Å²) in [6.07, 6.45) is 4.42. The van der Waals surface area contributed by atoms with Gasteiger partial charge in [-0.2, -0.15) is 0 Å². The molecule has 4 saturated heterocycles. The number of methoxy groups -OCH3 is 1. The first-order chi connectivity index (χ1) is 34.2. The van der Waals surface area contributed by atoms with E-state index in [2.05, 4.69) is 24.5 Å². The lowest BCUT2D eigenvalue weighted by molar-refractivity contribution is -0.137. The molecule has 388 valence electrons. The minimum Gasteiger partial charge on any atom is -0.465 e. The number of ether oxygens (including phenoxy) is 1. The van der Waals surface area contributed by atoms with Crippen molar-refractivity contribution in [1.29, 1.82) is 0 Å². The van der Waals surface area contributed by atoms with Crippen LogP contribution in [0.5, 0.6) is 0 Å². The van der Waals surface area contributed by atoms with Crippen LogP contribution in [0.25, 0.3) is 0 Å². The average Bonchev–Trinajstić information content (AvgIpc) is 3.33. The summed E-state index contributed by atoms with van der Waals surface area (Å²) in [7, 11) is -6.47. The molecule has 2 aromatic carbocycles. The maximum Gasteiger partial charge on any atom is 0.339 e. The maximum absolute atomic E-state index is 13.8. The molecule has 72 heavy (non-hydrogen) atoms. The Balaban J connectivity index is 0.000000211. The van der Waals surface area contributed by atoms with Crippen molar-refractivity contribution >= 4 is 78.2 Å². The second-order valence-electron chi connectivity index (χ2n) is 18.1. The van der Waals surface area contributed by atoms with Gasteiger partial charge in [0.25, 0.3) is 0 Å². The number of Topliss-reactive ketones (excluding diaryl/α,β-unsaturated/α-hetero) is 1. The number of halogens is 4. The fourth-order valence-corrected chi connectivity index (χ4v) is 13.2. The van der Waals surface area contributed by atoms with E-state index < -0.39 is 48.2 Å². The first-order valence-corrected chi connectivity index (χ1v) is 27.1. The van der Waals surface area contributed by atoms with E-state index in [-0.39, 0.29) is 76.3 Å². The lowest BCUT2D eigenvalue weighted by Gasteiger charge is -2.47.